The number of carbonyl (C=O) groups is 1. The second-order valence-corrected chi connectivity index (χ2v) is 9.71. The molecule has 30 heavy (non-hydrogen) atoms. The molecular formula is C21H29N3O5S. The first-order valence-corrected chi connectivity index (χ1v) is 11.5. The van der Waals surface area contributed by atoms with Gasteiger partial charge in [-0.1, -0.05) is 22.9 Å². The molecule has 3 rings (SSSR count). The van der Waals surface area contributed by atoms with Crippen molar-refractivity contribution >= 4 is 15.9 Å². The van der Waals surface area contributed by atoms with Crippen LogP contribution in [-0.2, 0) is 14.8 Å². The molecule has 0 spiro atoms. The van der Waals surface area contributed by atoms with E-state index in [-0.39, 0.29) is 29.1 Å². The van der Waals surface area contributed by atoms with Crippen LogP contribution in [0, 0.1) is 26.7 Å². The van der Waals surface area contributed by atoms with Crippen LogP contribution in [0.5, 0.6) is 5.75 Å². The molecule has 2 aromatic rings. The van der Waals surface area contributed by atoms with Crippen LogP contribution < -0.4 is 10.1 Å². The topological polar surface area (TPSA) is 102 Å². The molecule has 8 nitrogen and oxygen atoms in total. The minimum absolute atomic E-state index is 0.0985. The molecule has 9 heteroatoms. The first-order valence-electron chi connectivity index (χ1n) is 10.0. The molecule has 2 atom stereocenters. The fourth-order valence-corrected chi connectivity index (χ4v) is 5.76. The van der Waals surface area contributed by atoms with Gasteiger partial charge in [0.1, 0.15) is 16.3 Å². The van der Waals surface area contributed by atoms with Crippen molar-refractivity contribution in [3.05, 3.63) is 40.8 Å². The molecule has 1 saturated heterocycles. The largest absolute Gasteiger partial charge is 0.496 e. The van der Waals surface area contributed by atoms with Gasteiger partial charge in [-0.2, -0.15) is 4.31 Å². The number of nitrogens with zero attached hydrogens (tertiary/aromatic N) is 2. The van der Waals surface area contributed by atoms with Crippen molar-refractivity contribution in [1.82, 2.24) is 14.8 Å². The first-order chi connectivity index (χ1) is 14.1. The Morgan fingerprint density at radius 1 is 1.33 bits per heavy atom. The van der Waals surface area contributed by atoms with Gasteiger partial charge in [-0.3, -0.25) is 4.79 Å². The molecule has 0 radical (unpaired) electrons. The number of amides is 1. The summed E-state index contributed by atoms with van der Waals surface area (Å²) in [5.74, 6) is 0.385. The van der Waals surface area contributed by atoms with Crippen LogP contribution in [0.1, 0.15) is 48.4 Å². The standard InChI is InChI=1S/C21H29N3O5S/c1-13-8-9-19(28-5)18(11-13)14(2)22-21(25)17-7-6-10-24(12-17)30(26,27)20-15(3)23-29-16(20)4/h8-9,11,14,17H,6-7,10,12H2,1-5H3,(H,22,25). The molecule has 1 aromatic heterocycles. The lowest BCUT2D eigenvalue weighted by molar-refractivity contribution is -0.126. The summed E-state index contributed by atoms with van der Waals surface area (Å²) in [7, 11) is -2.17. The lowest BCUT2D eigenvalue weighted by Gasteiger charge is -2.32. The van der Waals surface area contributed by atoms with Crippen LogP contribution in [0.3, 0.4) is 0 Å². The Bertz CT molecular complexity index is 1010. The molecule has 0 saturated carbocycles. The normalized spacial score (nSPS) is 18.8. The lowest BCUT2D eigenvalue weighted by atomic mass is 9.97. The van der Waals surface area contributed by atoms with Crippen LogP contribution in [0.4, 0.5) is 0 Å². The number of aryl methyl sites for hydroxylation is 3. The van der Waals surface area contributed by atoms with Crippen molar-refractivity contribution in [3.8, 4) is 5.75 Å². The Morgan fingerprint density at radius 2 is 2.07 bits per heavy atom. The summed E-state index contributed by atoms with van der Waals surface area (Å²) >= 11 is 0. The molecule has 2 heterocycles. The average molecular weight is 436 g/mol. The lowest BCUT2D eigenvalue weighted by Crippen LogP contribution is -2.46. The van der Waals surface area contributed by atoms with Crippen molar-refractivity contribution in [2.24, 2.45) is 5.92 Å². The molecule has 1 N–H and O–H groups in total. The van der Waals surface area contributed by atoms with Gasteiger partial charge in [-0.25, -0.2) is 8.42 Å². The number of carbonyl (C=O) groups excluding carboxylic acids is 1. The molecule has 1 amide bonds. The van der Waals surface area contributed by atoms with E-state index in [1.807, 2.05) is 32.0 Å². The molecular weight excluding hydrogens is 406 g/mol. The molecule has 1 fully saturated rings. The summed E-state index contributed by atoms with van der Waals surface area (Å²) in [5, 5.41) is 6.78. The third-order valence-corrected chi connectivity index (χ3v) is 7.64. The van der Waals surface area contributed by atoms with Crippen LogP contribution in [0.25, 0.3) is 0 Å². The van der Waals surface area contributed by atoms with E-state index in [2.05, 4.69) is 10.5 Å². The fraction of sp³-hybridized carbons (Fsp3) is 0.524. The van der Waals surface area contributed by atoms with Gasteiger partial charge in [0.2, 0.25) is 15.9 Å². The highest BCUT2D eigenvalue weighted by atomic mass is 32.2. The van der Waals surface area contributed by atoms with Crippen LogP contribution in [0.15, 0.2) is 27.6 Å². The maximum Gasteiger partial charge on any atom is 0.248 e. The average Bonchev–Trinajstić information content (AvgIpc) is 3.06. The van der Waals surface area contributed by atoms with Crippen molar-refractivity contribution in [1.29, 1.82) is 0 Å². The summed E-state index contributed by atoms with van der Waals surface area (Å²) < 4.78 is 38.0. The second kappa shape index (κ2) is 8.77. The third kappa shape index (κ3) is 4.37. The number of sulfonamides is 1. The number of ether oxygens (including phenoxy) is 1. The van der Waals surface area contributed by atoms with E-state index in [4.69, 9.17) is 9.26 Å². The summed E-state index contributed by atoms with van der Waals surface area (Å²) in [6, 6.07) is 5.56. The maximum atomic E-state index is 13.1. The van der Waals surface area contributed by atoms with E-state index in [1.54, 1.807) is 21.0 Å². The SMILES string of the molecule is COc1ccc(C)cc1C(C)NC(=O)C1CCCN(S(=O)(=O)c2c(C)noc2C)C1. The van der Waals surface area contributed by atoms with Gasteiger partial charge < -0.3 is 14.6 Å². The molecule has 0 bridgehead atoms. The highest BCUT2D eigenvalue weighted by Gasteiger charge is 2.36. The Balaban J connectivity index is 1.74. The Morgan fingerprint density at radius 3 is 2.70 bits per heavy atom. The summed E-state index contributed by atoms with van der Waals surface area (Å²) in [4.78, 5) is 13.1. The maximum absolute atomic E-state index is 13.1. The summed E-state index contributed by atoms with van der Waals surface area (Å²) in [6.45, 7) is 7.58. The minimum atomic E-state index is -3.77. The third-order valence-electron chi connectivity index (χ3n) is 5.53. The van der Waals surface area contributed by atoms with Gasteiger partial charge in [0.05, 0.1) is 19.1 Å². The molecule has 1 aromatic carbocycles. The monoisotopic (exact) mass is 435 g/mol. The van der Waals surface area contributed by atoms with E-state index < -0.39 is 15.9 Å². The molecule has 1 aliphatic heterocycles. The quantitative estimate of drug-likeness (QED) is 0.749. The van der Waals surface area contributed by atoms with Gasteiger partial charge in [-0.15, -0.1) is 0 Å². The number of benzene rings is 1. The van der Waals surface area contributed by atoms with E-state index >= 15 is 0 Å². The van der Waals surface area contributed by atoms with Gasteiger partial charge in [0, 0.05) is 18.7 Å². The molecule has 1 aliphatic rings. The zero-order valence-corrected chi connectivity index (χ0v) is 18.9. The van der Waals surface area contributed by atoms with Crippen molar-refractivity contribution < 1.29 is 22.5 Å². The highest BCUT2D eigenvalue weighted by molar-refractivity contribution is 7.89. The highest BCUT2D eigenvalue weighted by Crippen LogP contribution is 2.29. The van der Waals surface area contributed by atoms with E-state index in [0.717, 1.165) is 11.1 Å². The number of rotatable bonds is 6. The fourth-order valence-electron chi connectivity index (χ4n) is 3.95. The molecule has 164 valence electrons. The summed E-state index contributed by atoms with van der Waals surface area (Å²) in [5.41, 5.74) is 2.29. The number of methoxy groups -OCH3 is 1. The van der Waals surface area contributed by atoms with Gasteiger partial charge in [0.15, 0.2) is 5.76 Å². The van der Waals surface area contributed by atoms with Crippen LogP contribution in [0.2, 0.25) is 0 Å². The van der Waals surface area contributed by atoms with Crippen LogP contribution in [-0.4, -0.2) is 44.0 Å². The Kier molecular flexibility index (Phi) is 6.52. The number of nitrogens with one attached hydrogen (secondary N) is 1. The second-order valence-electron chi connectivity index (χ2n) is 7.83. The number of hydrogen-bond donors (Lipinski definition) is 1. The van der Waals surface area contributed by atoms with E-state index in [9.17, 15) is 13.2 Å². The van der Waals surface area contributed by atoms with Crippen LogP contribution >= 0.6 is 0 Å². The van der Waals surface area contributed by atoms with Gasteiger partial charge in [0.25, 0.3) is 0 Å². The smallest absolute Gasteiger partial charge is 0.248 e. The zero-order chi connectivity index (χ0) is 22.1. The van der Waals surface area contributed by atoms with Crippen molar-refractivity contribution in [2.45, 2.75) is 51.5 Å². The molecule has 2 unspecified atom stereocenters. The predicted molar refractivity (Wildman–Crippen MR) is 112 cm³/mol. The minimum Gasteiger partial charge on any atom is -0.496 e. The Hall–Kier alpha value is -2.39. The number of hydrogen-bond acceptors (Lipinski definition) is 6. The van der Waals surface area contributed by atoms with Gasteiger partial charge in [-0.05, 0) is 46.6 Å². The molecule has 0 aliphatic carbocycles. The Labute approximate surface area is 177 Å². The predicted octanol–water partition coefficient (Wildman–Crippen LogP) is 2.89. The first kappa shape index (κ1) is 22.3. The zero-order valence-electron chi connectivity index (χ0n) is 18.1. The van der Waals surface area contributed by atoms with Crippen molar-refractivity contribution in [3.63, 3.8) is 0 Å². The number of piperidine rings is 1. The van der Waals surface area contributed by atoms with E-state index in [1.165, 1.54) is 4.31 Å². The van der Waals surface area contributed by atoms with E-state index in [0.29, 0.717) is 30.8 Å². The van der Waals surface area contributed by atoms with Crippen molar-refractivity contribution in [2.75, 3.05) is 20.2 Å². The van der Waals surface area contributed by atoms with Gasteiger partial charge >= 0.3 is 0 Å². The summed E-state index contributed by atoms with van der Waals surface area (Å²) in [6.07, 6.45) is 1.25. The number of aromatic nitrogens is 1.